The Morgan fingerprint density at radius 3 is 2.42 bits per heavy atom. The van der Waals surface area contributed by atoms with E-state index >= 15 is 0 Å². The van der Waals surface area contributed by atoms with Crippen LogP contribution in [0.25, 0.3) is 0 Å². The molecule has 0 spiro atoms. The van der Waals surface area contributed by atoms with E-state index in [2.05, 4.69) is 21.9 Å². The minimum Gasteiger partial charge on any atom is -0.481 e. The molecule has 0 radical (unpaired) electrons. The molecule has 0 fully saturated rings. The van der Waals surface area contributed by atoms with Crippen molar-refractivity contribution < 1.29 is 14.2 Å². The highest BCUT2D eigenvalue weighted by Gasteiger charge is 2.11. The minimum absolute atomic E-state index is 0.516. The SMILES string of the molecule is C=C(C)COCCNCc1c(OC)ncnc1OC. The fourth-order valence-corrected chi connectivity index (χ4v) is 1.49. The summed E-state index contributed by atoms with van der Waals surface area (Å²) in [5, 5.41) is 3.23. The van der Waals surface area contributed by atoms with Gasteiger partial charge in [0, 0.05) is 13.1 Å². The summed E-state index contributed by atoms with van der Waals surface area (Å²) in [5.41, 5.74) is 1.81. The van der Waals surface area contributed by atoms with Crippen molar-refractivity contribution in [2.75, 3.05) is 34.0 Å². The summed E-state index contributed by atoms with van der Waals surface area (Å²) >= 11 is 0. The zero-order chi connectivity index (χ0) is 14.1. The fraction of sp³-hybridized carbons (Fsp3) is 0.538. The molecule has 1 aromatic heterocycles. The summed E-state index contributed by atoms with van der Waals surface area (Å²) < 4.78 is 15.8. The Hall–Kier alpha value is -1.66. The van der Waals surface area contributed by atoms with E-state index in [4.69, 9.17) is 14.2 Å². The van der Waals surface area contributed by atoms with Crippen LogP contribution in [-0.2, 0) is 11.3 Å². The number of nitrogens with one attached hydrogen (secondary N) is 1. The summed E-state index contributed by atoms with van der Waals surface area (Å²) in [7, 11) is 3.14. The molecule has 0 aliphatic rings. The van der Waals surface area contributed by atoms with E-state index in [0.29, 0.717) is 38.1 Å². The lowest BCUT2D eigenvalue weighted by Gasteiger charge is -2.11. The van der Waals surface area contributed by atoms with Gasteiger partial charge in [-0.05, 0) is 6.92 Å². The first-order valence-electron chi connectivity index (χ1n) is 6.03. The van der Waals surface area contributed by atoms with Gasteiger partial charge in [-0.1, -0.05) is 12.2 Å². The summed E-state index contributed by atoms with van der Waals surface area (Å²) in [6, 6.07) is 0. The Balaban J connectivity index is 2.41. The number of aromatic nitrogens is 2. The molecule has 0 saturated carbocycles. The summed E-state index contributed by atoms with van der Waals surface area (Å²) in [6.45, 7) is 8.18. The molecular formula is C13H21N3O3. The van der Waals surface area contributed by atoms with Crippen molar-refractivity contribution in [1.82, 2.24) is 15.3 Å². The Bertz CT molecular complexity index is 388. The van der Waals surface area contributed by atoms with E-state index < -0.39 is 0 Å². The Kier molecular flexibility index (Phi) is 6.84. The quantitative estimate of drug-likeness (QED) is 0.535. The third-order valence-electron chi connectivity index (χ3n) is 2.33. The van der Waals surface area contributed by atoms with Crippen LogP contribution in [0.15, 0.2) is 18.5 Å². The molecule has 0 bridgehead atoms. The highest BCUT2D eigenvalue weighted by Crippen LogP contribution is 2.22. The Morgan fingerprint density at radius 2 is 1.89 bits per heavy atom. The smallest absolute Gasteiger partial charge is 0.224 e. The van der Waals surface area contributed by atoms with Gasteiger partial charge in [0.2, 0.25) is 11.8 Å². The van der Waals surface area contributed by atoms with Crippen molar-refractivity contribution >= 4 is 0 Å². The van der Waals surface area contributed by atoms with E-state index in [9.17, 15) is 0 Å². The largest absolute Gasteiger partial charge is 0.481 e. The maximum absolute atomic E-state index is 5.39. The van der Waals surface area contributed by atoms with Gasteiger partial charge < -0.3 is 19.5 Å². The van der Waals surface area contributed by atoms with Gasteiger partial charge in [-0.25, -0.2) is 9.97 Å². The average Bonchev–Trinajstić information content (AvgIpc) is 2.42. The molecule has 0 atom stereocenters. The summed E-state index contributed by atoms with van der Waals surface area (Å²) in [4.78, 5) is 8.10. The van der Waals surface area contributed by atoms with Gasteiger partial charge >= 0.3 is 0 Å². The monoisotopic (exact) mass is 267 g/mol. The van der Waals surface area contributed by atoms with Gasteiger partial charge in [-0.15, -0.1) is 0 Å². The predicted octanol–water partition coefficient (Wildman–Crippen LogP) is 1.18. The van der Waals surface area contributed by atoms with Crippen LogP contribution in [0.1, 0.15) is 12.5 Å². The first kappa shape index (κ1) is 15.4. The molecule has 1 rings (SSSR count). The number of hydrogen-bond acceptors (Lipinski definition) is 6. The summed E-state index contributed by atoms with van der Waals surface area (Å²) in [6.07, 6.45) is 1.41. The molecule has 6 heteroatoms. The topological polar surface area (TPSA) is 65.5 Å². The lowest BCUT2D eigenvalue weighted by atomic mass is 10.3. The molecule has 0 saturated heterocycles. The Morgan fingerprint density at radius 1 is 1.26 bits per heavy atom. The van der Waals surface area contributed by atoms with Gasteiger partial charge in [0.1, 0.15) is 6.33 Å². The van der Waals surface area contributed by atoms with Crippen LogP contribution in [0.5, 0.6) is 11.8 Å². The number of nitrogens with zero attached hydrogens (tertiary/aromatic N) is 2. The number of methoxy groups -OCH3 is 2. The first-order valence-corrected chi connectivity index (χ1v) is 6.03. The van der Waals surface area contributed by atoms with Crippen molar-refractivity contribution in [3.63, 3.8) is 0 Å². The summed E-state index contributed by atoms with van der Waals surface area (Å²) in [5.74, 6) is 1.03. The fourth-order valence-electron chi connectivity index (χ4n) is 1.49. The average molecular weight is 267 g/mol. The highest BCUT2D eigenvalue weighted by atomic mass is 16.5. The second kappa shape index (κ2) is 8.44. The van der Waals surface area contributed by atoms with E-state index in [-0.39, 0.29) is 0 Å². The van der Waals surface area contributed by atoms with Crippen LogP contribution < -0.4 is 14.8 Å². The first-order chi connectivity index (χ1) is 9.19. The molecule has 0 aromatic carbocycles. The van der Waals surface area contributed by atoms with Gasteiger partial charge in [0.15, 0.2) is 0 Å². The minimum atomic E-state index is 0.516. The predicted molar refractivity (Wildman–Crippen MR) is 72.5 cm³/mol. The maximum atomic E-state index is 5.39. The van der Waals surface area contributed by atoms with Crippen molar-refractivity contribution in [2.24, 2.45) is 0 Å². The second-order valence-electron chi connectivity index (χ2n) is 4.06. The molecule has 6 nitrogen and oxygen atoms in total. The molecule has 0 amide bonds. The molecule has 0 aliphatic carbocycles. The van der Waals surface area contributed by atoms with Crippen LogP contribution >= 0.6 is 0 Å². The zero-order valence-corrected chi connectivity index (χ0v) is 11.7. The van der Waals surface area contributed by atoms with Crippen LogP contribution in [0.4, 0.5) is 0 Å². The molecule has 1 N–H and O–H groups in total. The molecule has 19 heavy (non-hydrogen) atoms. The van der Waals surface area contributed by atoms with Crippen LogP contribution in [0, 0.1) is 0 Å². The van der Waals surface area contributed by atoms with Gasteiger partial charge in [-0.2, -0.15) is 0 Å². The second-order valence-corrected chi connectivity index (χ2v) is 4.06. The van der Waals surface area contributed by atoms with Crippen molar-refractivity contribution in [1.29, 1.82) is 0 Å². The normalized spacial score (nSPS) is 10.3. The van der Waals surface area contributed by atoms with Crippen LogP contribution in [0.2, 0.25) is 0 Å². The highest BCUT2D eigenvalue weighted by molar-refractivity contribution is 5.34. The standard InChI is InChI=1S/C13H21N3O3/c1-10(2)8-19-6-5-14-7-11-12(17-3)15-9-16-13(11)18-4/h9,14H,1,5-8H2,2-4H3. The molecular weight excluding hydrogens is 246 g/mol. The van der Waals surface area contributed by atoms with Crippen molar-refractivity contribution in [3.8, 4) is 11.8 Å². The third kappa shape index (κ3) is 5.23. The molecule has 1 heterocycles. The van der Waals surface area contributed by atoms with Crippen LogP contribution in [-0.4, -0.2) is 43.9 Å². The third-order valence-corrected chi connectivity index (χ3v) is 2.33. The van der Waals surface area contributed by atoms with E-state index in [0.717, 1.165) is 11.1 Å². The lowest BCUT2D eigenvalue weighted by Crippen LogP contribution is -2.20. The molecule has 106 valence electrons. The number of hydrogen-bond donors (Lipinski definition) is 1. The van der Waals surface area contributed by atoms with E-state index in [1.807, 2.05) is 6.92 Å². The molecule has 1 aromatic rings. The van der Waals surface area contributed by atoms with E-state index in [1.165, 1.54) is 6.33 Å². The van der Waals surface area contributed by atoms with Crippen molar-refractivity contribution in [2.45, 2.75) is 13.5 Å². The van der Waals surface area contributed by atoms with E-state index in [1.54, 1.807) is 14.2 Å². The molecule has 0 aliphatic heterocycles. The maximum Gasteiger partial charge on any atom is 0.224 e. The van der Waals surface area contributed by atoms with Gasteiger partial charge in [0.05, 0.1) is 33.0 Å². The van der Waals surface area contributed by atoms with Crippen LogP contribution in [0.3, 0.4) is 0 Å². The van der Waals surface area contributed by atoms with Gasteiger partial charge in [-0.3, -0.25) is 0 Å². The van der Waals surface area contributed by atoms with Gasteiger partial charge in [0.25, 0.3) is 0 Å². The zero-order valence-electron chi connectivity index (χ0n) is 11.7. The Labute approximate surface area is 113 Å². The number of ether oxygens (including phenoxy) is 3. The van der Waals surface area contributed by atoms with Crippen molar-refractivity contribution in [3.05, 3.63) is 24.0 Å². The number of rotatable bonds is 9. The lowest BCUT2D eigenvalue weighted by molar-refractivity contribution is 0.157. The molecule has 0 unspecified atom stereocenters.